The van der Waals surface area contributed by atoms with Crippen molar-refractivity contribution in [3.05, 3.63) is 17.8 Å². The Morgan fingerprint density at radius 3 is 2.89 bits per heavy atom. The van der Waals surface area contributed by atoms with Crippen molar-refractivity contribution >= 4 is 23.3 Å². The molecule has 0 bridgehead atoms. The SMILES string of the molecule is CSCCCCCCNc1ncc(N)cc1C#N. The Morgan fingerprint density at radius 1 is 1.39 bits per heavy atom. The molecule has 1 aromatic heterocycles. The molecule has 0 aliphatic rings. The third kappa shape index (κ3) is 5.28. The fraction of sp³-hybridized carbons (Fsp3) is 0.538. The zero-order chi connectivity index (χ0) is 13.2. The summed E-state index contributed by atoms with van der Waals surface area (Å²) in [6.07, 6.45) is 8.57. The summed E-state index contributed by atoms with van der Waals surface area (Å²) >= 11 is 1.90. The van der Waals surface area contributed by atoms with E-state index in [9.17, 15) is 0 Å². The Kier molecular flexibility index (Phi) is 7.04. The number of thioether (sulfide) groups is 1. The summed E-state index contributed by atoms with van der Waals surface area (Å²) in [4.78, 5) is 4.13. The number of nitrogens with zero attached hydrogens (tertiary/aromatic N) is 2. The average molecular weight is 264 g/mol. The Bertz CT molecular complexity index is 400. The molecule has 1 heterocycles. The van der Waals surface area contributed by atoms with Crippen LogP contribution >= 0.6 is 11.8 Å². The van der Waals surface area contributed by atoms with E-state index >= 15 is 0 Å². The number of aromatic nitrogens is 1. The van der Waals surface area contributed by atoms with Crippen molar-refractivity contribution in [2.75, 3.05) is 29.6 Å². The van der Waals surface area contributed by atoms with Crippen molar-refractivity contribution in [2.24, 2.45) is 0 Å². The van der Waals surface area contributed by atoms with Gasteiger partial charge in [0.25, 0.3) is 0 Å². The fourth-order valence-corrected chi connectivity index (χ4v) is 2.13. The van der Waals surface area contributed by atoms with Gasteiger partial charge < -0.3 is 11.1 Å². The molecular formula is C13H20N4S. The van der Waals surface area contributed by atoms with Crippen LogP contribution in [-0.2, 0) is 0 Å². The van der Waals surface area contributed by atoms with Gasteiger partial charge >= 0.3 is 0 Å². The second-order valence-corrected chi connectivity index (χ2v) is 5.10. The molecule has 0 saturated carbocycles. The summed E-state index contributed by atoms with van der Waals surface area (Å²) in [5, 5.41) is 12.1. The maximum Gasteiger partial charge on any atom is 0.144 e. The van der Waals surface area contributed by atoms with Crippen LogP contribution in [0.4, 0.5) is 11.5 Å². The maximum atomic E-state index is 8.95. The standard InChI is InChI=1S/C13H20N4S/c1-18-7-5-3-2-4-6-16-13-11(9-14)8-12(15)10-17-13/h8,10H,2-7,15H2,1H3,(H,16,17). The van der Waals surface area contributed by atoms with Crippen molar-refractivity contribution < 1.29 is 0 Å². The highest BCUT2D eigenvalue weighted by Crippen LogP contribution is 2.14. The van der Waals surface area contributed by atoms with E-state index in [0.717, 1.165) is 13.0 Å². The normalized spacial score (nSPS) is 10.0. The molecular weight excluding hydrogens is 244 g/mol. The molecule has 0 unspecified atom stereocenters. The molecule has 0 aliphatic carbocycles. The van der Waals surface area contributed by atoms with Crippen molar-refractivity contribution in [3.63, 3.8) is 0 Å². The molecule has 0 radical (unpaired) electrons. The summed E-state index contributed by atoms with van der Waals surface area (Å²) in [6, 6.07) is 3.74. The minimum absolute atomic E-state index is 0.511. The van der Waals surface area contributed by atoms with Crippen LogP contribution in [0.1, 0.15) is 31.2 Å². The number of pyridine rings is 1. The predicted octanol–water partition coefficient (Wildman–Crippen LogP) is 2.87. The van der Waals surface area contributed by atoms with Crippen LogP contribution in [-0.4, -0.2) is 23.5 Å². The molecule has 0 spiro atoms. The van der Waals surface area contributed by atoms with Gasteiger partial charge in [-0.05, 0) is 30.9 Å². The smallest absolute Gasteiger partial charge is 0.144 e. The quantitative estimate of drug-likeness (QED) is 0.706. The first-order valence-electron chi connectivity index (χ1n) is 6.16. The third-order valence-corrected chi connectivity index (χ3v) is 3.29. The number of nitrogen functional groups attached to an aromatic ring is 1. The first-order valence-corrected chi connectivity index (χ1v) is 7.55. The third-order valence-electron chi connectivity index (χ3n) is 2.60. The van der Waals surface area contributed by atoms with E-state index in [2.05, 4.69) is 22.6 Å². The van der Waals surface area contributed by atoms with Crippen molar-refractivity contribution in [3.8, 4) is 6.07 Å². The van der Waals surface area contributed by atoms with Gasteiger partial charge in [-0.2, -0.15) is 17.0 Å². The van der Waals surface area contributed by atoms with E-state index in [4.69, 9.17) is 11.0 Å². The average Bonchev–Trinajstić information content (AvgIpc) is 2.39. The lowest BCUT2D eigenvalue weighted by atomic mass is 10.2. The molecule has 4 nitrogen and oxygen atoms in total. The summed E-state index contributed by atoms with van der Waals surface area (Å²) < 4.78 is 0. The van der Waals surface area contributed by atoms with E-state index in [1.54, 1.807) is 12.3 Å². The van der Waals surface area contributed by atoms with E-state index < -0.39 is 0 Å². The monoisotopic (exact) mass is 264 g/mol. The Balaban J connectivity index is 2.25. The second-order valence-electron chi connectivity index (χ2n) is 4.11. The number of nitrogens with two attached hydrogens (primary N) is 1. The summed E-state index contributed by atoms with van der Waals surface area (Å²) in [7, 11) is 0. The zero-order valence-corrected chi connectivity index (χ0v) is 11.6. The van der Waals surface area contributed by atoms with Gasteiger partial charge in [-0.3, -0.25) is 0 Å². The van der Waals surface area contributed by atoms with Gasteiger partial charge in [0, 0.05) is 6.54 Å². The number of rotatable bonds is 8. The summed E-state index contributed by atoms with van der Waals surface area (Å²) in [5.41, 5.74) is 6.62. The molecule has 3 N–H and O–H groups in total. The van der Waals surface area contributed by atoms with Crippen LogP contribution in [0.2, 0.25) is 0 Å². The lowest BCUT2D eigenvalue weighted by Crippen LogP contribution is -2.05. The highest BCUT2D eigenvalue weighted by molar-refractivity contribution is 7.98. The van der Waals surface area contributed by atoms with Crippen LogP contribution in [0.25, 0.3) is 0 Å². The van der Waals surface area contributed by atoms with Gasteiger partial charge in [-0.15, -0.1) is 0 Å². The highest BCUT2D eigenvalue weighted by atomic mass is 32.2. The largest absolute Gasteiger partial charge is 0.397 e. The Labute approximate surface area is 113 Å². The predicted molar refractivity (Wildman–Crippen MR) is 78.7 cm³/mol. The van der Waals surface area contributed by atoms with E-state index in [-0.39, 0.29) is 0 Å². The van der Waals surface area contributed by atoms with Crippen molar-refractivity contribution in [2.45, 2.75) is 25.7 Å². The molecule has 5 heteroatoms. The molecule has 0 atom stereocenters. The van der Waals surface area contributed by atoms with E-state index in [1.165, 1.54) is 25.0 Å². The van der Waals surface area contributed by atoms with Crippen LogP contribution in [0.5, 0.6) is 0 Å². The first-order chi connectivity index (χ1) is 8.77. The Hall–Kier alpha value is -1.41. The number of nitrogens with one attached hydrogen (secondary N) is 1. The first kappa shape index (κ1) is 14.7. The number of hydrogen-bond acceptors (Lipinski definition) is 5. The molecule has 0 aliphatic heterocycles. The van der Waals surface area contributed by atoms with Crippen LogP contribution < -0.4 is 11.1 Å². The number of anilines is 2. The molecule has 0 fully saturated rings. The molecule has 0 saturated heterocycles. The van der Waals surface area contributed by atoms with E-state index in [0.29, 0.717) is 17.1 Å². The van der Waals surface area contributed by atoms with Crippen molar-refractivity contribution in [1.29, 1.82) is 5.26 Å². The maximum absolute atomic E-state index is 8.95. The van der Waals surface area contributed by atoms with Gasteiger partial charge in [0.05, 0.1) is 17.4 Å². The minimum atomic E-state index is 0.511. The number of unbranched alkanes of at least 4 members (excludes halogenated alkanes) is 3. The Morgan fingerprint density at radius 2 is 2.17 bits per heavy atom. The van der Waals surface area contributed by atoms with Gasteiger partial charge in [0.2, 0.25) is 0 Å². The van der Waals surface area contributed by atoms with Crippen LogP contribution in [0, 0.1) is 11.3 Å². The van der Waals surface area contributed by atoms with Gasteiger partial charge in [0.1, 0.15) is 11.9 Å². The van der Waals surface area contributed by atoms with Crippen molar-refractivity contribution in [1.82, 2.24) is 4.98 Å². The second kappa shape index (κ2) is 8.65. The molecule has 98 valence electrons. The lowest BCUT2D eigenvalue weighted by molar-refractivity contribution is 0.688. The topological polar surface area (TPSA) is 74.7 Å². The lowest BCUT2D eigenvalue weighted by Gasteiger charge is -2.07. The van der Waals surface area contributed by atoms with Gasteiger partial charge in [-0.1, -0.05) is 12.8 Å². The van der Waals surface area contributed by atoms with Gasteiger partial charge in [-0.25, -0.2) is 4.98 Å². The van der Waals surface area contributed by atoms with Gasteiger partial charge in [0.15, 0.2) is 0 Å². The van der Waals surface area contributed by atoms with E-state index in [1.807, 2.05) is 11.8 Å². The minimum Gasteiger partial charge on any atom is -0.397 e. The highest BCUT2D eigenvalue weighted by Gasteiger charge is 2.02. The van der Waals surface area contributed by atoms with Crippen LogP contribution in [0.15, 0.2) is 12.3 Å². The zero-order valence-electron chi connectivity index (χ0n) is 10.8. The molecule has 1 aromatic rings. The molecule has 0 amide bonds. The summed E-state index contributed by atoms with van der Waals surface area (Å²) in [5.74, 6) is 1.88. The summed E-state index contributed by atoms with van der Waals surface area (Å²) in [6.45, 7) is 0.852. The molecule has 1 rings (SSSR count). The molecule has 18 heavy (non-hydrogen) atoms. The number of hydrogen-bond donors (Lipinski definition) is 2. The number of nitriles is 1. The molecule has 0 aromatic carbocycles. The fourth-order valence-electron chi connectivity index (χ4n) is 1.64. The van der Waals surface area contributed by atoms with Crippen LogP contribution in [0.3, 0.4) is 0 Å².